The normalized spacial score (nSPS) is 10.2. The third kappa shape index (κ3) is 3.08. The van der Waals surface area contributed by atoms with E-state index in [9.17, 15) is 15.0 Å². The highest BCUT2D eigenvalue weighted by Crippen LogP contribution is 2.26. The Hall–Kier alpha value is -2.40. The summed E-state index contributed by atoms with van der Waals surface area (Å²) < 4.78 is 0. The molecule has 0 saturated carbocycles. The second-order valence-corrected chi connectivity index (χ2v) is 4.34. The van der Waals surface area contributed by atoms with E-state index < -0.39 is 5.91 Å². The third-order valence-electron chi connectivity index (χ3n) is 2.40. The Morgan fingerprint density at radius 2 is 1.74 bits per heavy atom. The predicted molar refractivity (Wildman–Crippen MR) is 73.6 cm³/mol. The summed E-state index contributed by atoms with van der Waals surface area (Å²) in [5, 5.41) is 21.5. The van der Waals surface area contributed by atoms with Crippen molar-refractivity contribution in [2.75, 3.05) is 11.1 Å². The second kappa shape index (κ2) is 5.07. The van der Waals surface area contributed by atoms with Gasteiger partial charge in [-0.1, -0.05) is 11.6 Å². The molecule has 0 fully saturated rings. The van der Waals surface area contributed by atoms with Gasteiger partial charge in [0.05, 0.1) is 10.7 Å². The van der Waals surface area contributed by atoms with Crippen LogP contribution in [0.4, 0.5) is 11.4 Å². The summed E-state index contributed by atoms with van der Waals surface area (Å²) in [4.78, 5) is 11.9. The minimum absolute atomic E-state index is 0.107. The van der Waals surface area contributed by atoms with Crippen LogP contribution in [-0.2, 0) is 0 Å². The van der Waals surface area contributed by atoms with Gasteiger partial charge in [-0.15, -0.1) is 0 Å². The first-order chi connectivity index (χ1) is 8.95. The second-order valence-electron chi connectivity index (χ2n) is 3.93. The third-order valence-corrected chi connectivity index (χ3v) is 2.73. The molecule has 0 heterocycles. The molecule has 2 rings (SSSR count). The van der Waals surface area contributed by atoms with Gasteiger partial charge in [0.25, 0.3) is 5.91 Å². The number of amides is 1. The molecule has 19 heavy (non-hydrogen) atoms. The number of phenols is 2. The molecule has 0 bridgehead atoms. The van der Waals surface area contributed by atoms with Crippen molar-refractivity contribution in [1.29, 1.82) is 0 Å². The van der Waals surface area contributed by atoms with Gasteiger partial charge >= 0.3 is 0 Å². The topological polar surface area (TPSA) is 95.6 Å². The predicted octanol–water partition coefficient (Wildman–Crippen LogP) is 2.59. The molecule has 5 nitrogen and oxygen atoms in total. The SMILES string of the molecule is Nc1ccc(Cl)c(NC(=O)c2cc(O)cc(O)c2)c1. The van der Waals surface area contributed by atoms with Crippen molar-refractivity contribution >= 4 is 28.9 Å². The Balaban J connectivity index is 2.28. The Bertz CT molecular complexity index is 624. The maximum atomic E-state index is 11.9. The highest BCUT2D eigenvalue weighted by Gasteiger charge is 2.11. The van der Waals surface area contributed by atoms with Gasteiger partial charge in [0.1, 0.15) is 11.5 Å². The Kier molecular flexibility index (Phi) is 3.48. The lowest BCUT2D eigenvalue weighted by Gasteiger charge is -2.08. The van der Waals surface area contributed by atoms with Crippen LogP contribution in [0.3, 0.4) is 0 Å². The number of hydrogen-bond donors (Lipinski definition) is 4. The summed E-state index contributed by atoms with van der Waals surface area (Å²) in [6.07, 6.45) is 0. The van der Waals surface area contributed by atoms with Crippen LogP contribution >= 0.6 is 11.6 Å². The number of halogens is 1. The van der Waals surface area contributed by atoms with E-state index in [1.807, 2.05) is 0 Å². The van der Waals surface area contributed by atoms with Gasteiger partial charge in [0.15, 0.2) is 0 Å². The van der Waals surface area contributed by atoms with Crippen molar-refractivity contribution in [3.63, 3.8) is 0 Å². The van der Waals surface area contributed by atoms with Crippen LogP contribution in [0.25, 0.3) is 0 Å². The van der Waals surface area contributed by atoms with E-state index in [0.29, 0.717) is 16.4 Å². The summed E-state index contributed by atoms with van der Waals surface area (Å²) >= 11 is 5.92. The molecule has 0 aliphatic carbocycles. The number of aromatic hydroxyl groups is 2. The Morgan fingerprint density at radius 3 is 2.37 bits per heavy atom. The van der Waals surface area contributed by atoms with E-state index in [0.717, 1.165) is 6.07 Å². The van der Waals surface area contributed by atoms with E-state index in [1.54, 1.807) is 12.1 Å². The molecule has 0 aliphatic heterocycles. The molecule has 5 N–H and O–H groups in total. The molecule has 98 valence electrons. The minimum Gasteiger partial charge on any atom is -0.508 e. The number of nitrogens with one attached hydrogen (secondary N) is 1. The lowest BCUT2D eigenvalue weighted by Crippen LogP contribution is -2.12. The van der Waals surface area contributed by atoms with Gasteiger partial charge in [0, 0.05) is 17.3 Å². The van der Waals surface area contributed by atoms with E-state index in [4.69, 9.17) is 17.3 Å². The number of carbonyl (C=O) groups is 1. The number of nitrogens with two attached hydrogens (primary N) is 1. The number of rotatable bonds is 2. The first-order valence-corrected chi connectivity index (χ1v) is 5.73. The van der Waals surface area contributed by atoms with Gasteiger partial charge in [-0.2, -0.15) is 0 Å². The monoisotopic (exact) mass is 278 g/mol. The number of carbonyl (C=O) groups excluding carboxylic acids is 1. The zero-order valence-corrected chi connectivity index (χ0v) is 10.5. The quantitative estimate of drug-likeness (QED) is 0.635. The molecule has 0 aromatic heterocycles. The zero-order chi connectivity index (χ0) is 14.0. The van der Waals surface area contributed by atoms with Crippen LogP contribution in [0.5, 0.6) is 11.5 Å². The average Bonchev–Trinajstić information content (AvgIpc) is 2.32. The molecule has 2 aromatic rings. The molecule has 0 atom stereocenters. The first kappa shape index (κ1) is 13.0. The van der Waals surface area contributed by atoms with Crippen LogP contribution in [0.2, 0.25) is 5.02 Å². The van der Waals surface area contributed by atoms with E-state index in [1.165, 1.54) is 18.2 Å². The number of benzene rings is 2. The van der Waals surface area contributed by atoms with Crippen LogP contribution < -0.4 is 11.1 Å². The Labute approximate surface area is 114 Å². The molecule has 0 aliphatic rings. The summed E-state index contributed by atoms with van der Waals surface area (Å²) in [5.41, 5.74) is 6.52. The van der Waals surface area contributed by atoms with E-state index in [2.05, 4.69) is 5.32 Å². The van der Waals surface area contributed by atoms with Gasteiger partial charge in [-0.3, -0.25) is 4.79 Å². The van der Waals surface area contributed by atoms with Crippen LogP contribution in [-0.4, -0.2) is 16.1 Å². The maximum Gasteiger partial charge on any atom is 0.255 e. The lowest BCUT2D eigenvalue weighted by molar-refractivity contribution is 0.102. The molecule has 0 saturated heterocycles. The number of hydrogen-bond acceptors (Lipinski definition) is 4. The maximum absolute atomic E-state index is 11.9. The van der Waals surface area contributed by atoms with Crippen LogP contribution in [0.1, 0.15) is 10.4 Å². The van der Waals surface area contributed by atoms with E-state index >= 15 is 0 Å². The van der Waals surface area contributed by atoms with Gasteiger partial charge < -0.3 is 21.3 Å². The standard InChI is InChI=1S/C13H11ClN2O3/c14-11-2-1-8(15)5-12(11)16-13(19)7-3-9(17)6-10(18)4-7/h1-6,17-18H,15H2,(H,16,19). The van der Waals surface area contributed by atoms with Crippen molar-refractivity contribution in [2.24, 2.45) is 0 Å². The Morgan fingerprint density at radius 1 is 1.11 bits per heavy atom. The molecule has 2 aromatic carbocycles. The van der Waals surface area contributed by atoms with Crippen LogP contribution in [0, 0.1) is 0 Å². The van der Waals surface area contributed by atoms with Crippen molar-refractivity contribution in [3.05, 3.63) is 47.0 Å². The molecular formula is C13H11ClN2O3. The molecule has 0 unspecified atom stereocenters. The number of phenolic OH excluding ortho intramolecular Hbond substituents is 2. The lowest BCUT2D eigenvalue weighted by atomic mass is 10.2. The fraction of sp³-hybridized carbons (Fsp3) is 0. The first-order valence-electron chi connectivity index (χ1n) is 5.35. The zero-order valence-electron chi connectivity index (χ0n) is 9.72. The van der Waals surface area contributed by atoms with Crippen molar-refractivity contribution in [3.8, 4) is 11.5 Å². The van der Waals surface area contributed by atoms with E-state index in [-0.39, 0.29) is 17.1 Å². The minimum atomic E-state index is -0.515. The average molecular weight is 279 g/mol. The molecular weight excluding hydrogens is 268 g/mol. The molecule has 0 spiro atoms. The van der Waals surface area contributed by atoms with Gasteiger partial charge in [0.2, 0.25) is 0 Å². The van der Waals surface area contributed by atoms with Gasteiger partial charge in [-0.05, 0) is 30.3 Å². The number of anilines is 2. The number of nitrogen functional groups attached to an aromatic ring is 1. The fourth-order valence-corrected chi connectivity index (χ4v) is 1.72. The highest BCUT2D eigenvalue weighted by atomic mass is 35.5. The van der Waals surface area contributed by atoms with Crippen LogP contribution in [0.15, 0.2) is 36.4 Å². The summed E-state index contributed by atoms with van der Waals surface area (Å²) in [6, 6.07) is 8.28. The summed E-state index contributed by atoms with van der Waals surface area (Å²) in [5.74, 6) is -0.925. The van der Waals surface area contributed by atoms with Gasteiger partial charge in [-0.25, -0.2) is 0 Å². The summed E-state index contributed by atoms with van der Waals surface area (Å²) in [6.45, 7) is 0. The van der Waals surface area contributed by atoms with Crippen molar-refractivity contribution in [2.45, 2.75) is 0 Å². The highest BCUT2D eigenvalue weighted by molar-refractivity contribution is 6.34. The van der Waals surface area contributed by atoms with Crippen molar-refractivity contribution < 1.29 is 15.0 Å². The van der Waals surface area contributed by atoms with Crippen molar-refractivity contribution in [1.82, 2.24) is 0 Å². The summed E-state index contributed by atoms with van der Waals surface area (Å²) in [7, 11) is 0. The molecule has 6 heteroatoms. The largest absolute Gasteiger partial charge is 0.508 e. The molecule has 1 amide bonds. The fourth-order valence-electron chi connectivity index (χ4n) is 1.56. The smallest absolute Gasteiger partial charge is 0.255 e. The molecule has 0 radical (unpaired) electrons.